The van der Waals surface area contributed by atoms with E-state index in [-0.39, 0.29) is 11.8 Å². The average molecular weight is 300 g/mol. The SMILES string of the molecule is C#CCOC(=O)c1cccc(-c2cnc(Cl)cc2C=O)c1. The molecule has 0 saturated carbocycles. The Balaban J connectivity index is 2.40. The van der Waals surface area contributed by atoms with Gasteiger partial charge in [0, 0.05) is 17.3 Å². The molecule has 4 nitrogen and oxygen atoms in total. The summed E-state index contributed by atoms with van der Waals surface area (Å²) < 4.78 is 4.86. The van der Waals surface area contributed by atoms with Gasteiger partial charge in [-0.1, -0.05) is 29.7 Å². The Bertz CT molecular complexity index is 735. The molecule has 0 saturated heterocycles. The van der Waals surface area contributed by atoms with Gasteiger partial charge in [0.25, 0.3) is 0 Å². The average Bonchev–Trinajstić information content (AvgIpc) is 2.52. The van der Waals surface area contributed by atoms with E-state index in [0.717, 1.165) is 0 Å². The second kappa shape index (κ2) is 6.69. The minimum atomic E-state index is -0.524. The van der Waals surface area contributed by atoms with Crippen LogP contribution >= 0.6 is 11.6 Å². The van der Waals surface area contributed by atoms with Crippen LogP contribution in [0, 0.1) is 12.3 Å². The van der Waals surface area contributed by atoms with Crippen molar-refractivity contribution in [3.8, 4) is 23.5 Å². The summed E-state index contributed by atoms with van der Waals surface area (Å²) in [6.45, 7) is -0.0921. The molecular formula is C16H10ClNO3. The first kappa shape index (κ1) is 14.8. The molecule has 0 unspecified atom stereocenters. The summed E-state index contributed by atoms with van der Waals surface area (Å²) in [7, 11) is 0. The molecule has 0 spiro atoms. The normalized spacial score (nSPS) is 9.71. The highest BCUT2D eigenvalue weighted by Gasteiger charge is 2.11. The standard InChI is InChI=1S/C16H10ClNO3/c1-2-6-21-16(20)12-5-3-4-11(7-12)14-9-18-15(17)8-13(14)10-19/h1,3-5,7-10H,6H2. The fraction of sp³-hybridized carbons (Fsp3) is 0.0625. The Morgan fingerprint density at radius 2 is 2.24 bits per heavy atom. The molecule has 0 fully saturated rings. The van der Waals surface area contributed by atoms with Gasteiger partial charge in [-0.3, -0.25) is 4.79 Å². The molecule has 0 aliphatic heterocycles. The molecule has 0 aliphatic carbocycles. The van der Waals surface area contributed by atoms with Crippen molar-refractivity contribution in [1.29, 1.82) is 0 Å². The summed E-state index contributed by atoms with van der Waals surface area (Å²) in [6.07, 6.45) is 7.21. The van der Waals surface area contributed by atoms with Crippen LogP contribution in [0.5, 0.6) is 0 Å². The summed E-state index contributed by atoms with van der Waals surface area (Å²) in [5, 5.41) is 0.227. The number of carbonyl (C=O) groups excluding carboxylic acids is 2. The number of aromatic nitrogens is 1. The number of aldehydes is 1. The highest BCUT2D eigenvalue weighted by atomic mass is 35.5. The molecule has 0 N–H and O–H groups in total. The zero-order chi connectivity index (χ0) is 15.2. The van der Waals surface area contributed by atoms with E-state index in [1.807, 2.05) is 0 Å². The van der Waals surface area contributed by atoms with Crippen LogP contribution in [-0.4, -0.2) is 23.8 Å². The third-order valence-electron chi connectivity index (χ3n) is 2.73. The molecule has 0 bridgehead atoms. The number of carbonyl (C=O) groups is 2. The molecule has 0 aliphatic rings. The van der Waals surface area contributed by atoms with Gasteiger partial charge >= 0.3 is 5.97 Å². The minimum absolute atomic E-state index is 0.0921. The molecule has 104 valence electrons. The number of nitrogens with zero attached hydrogens (tertiary/aromatic N) is 1. The third-order valence-corrected chi connectivity index (χ3v) is 2.93. The van der Waals surface area contributed by atoms with Crippen molar-refractivity contribution < 1.29 is 14.3 Å². The number of benzene rings is 1. The molecule has 1 aromatic carbocycles. The quantitative estimate of drug-likeness (QED) is 0.377. The first-order valence-electron chi connectivity index (χ1n) is 5.97. The van der Waals surface area contributed by atoms with Crippen molar-refractivity contribution in [3.63, 3.8) is 0 Å². The van der Waals surface area contributed by atoms with Gasteiger partial charge in [-0.05, 0) is 23.8 Å². The lowest BCUT2D eigenvalue weighted by Gasteiger charge is -2.07. The molecule has 0 radical (unpaired) electrons. The largest absolute Gasteiger partial charge is 0.449 e. The monoisotopic (exact) mass is 299 g/mol. The second-order valence-corrected chi connectivity index (χ2v) is 4.46. The summed E-state index contributed by atoms with van der Waals surface area (Å²) in [5.41, 5.74) is 1.98. The molecule has 2 rings (SSSR count). The summed E-state index contributed by atoms with van der Waals surface area (Å²) in [4.78, 5) is 26.8. The maximum Gasteiger partial charge on any atom is 0.339 e. The van der Waals surface area contributed by atoms with Crippen molar-refractivity contribution in [2.24, 2.45) is 0 Å². The van der Waals surface area contributed by atoms with Crippen molar-refractivity contribution in [2.75, 3.05) is 6.61 Å². The molecular weight excluding hydrogens is 290 g/mol. The molecule has 21 heavy (non-hydrogen) atoms. The van der Waals surface area contributed by atoms with Gasteiger partial charge in [0.1, 0.15) is 5.15 Å². The van der Waals surface area contributed by atoms with E-state index in [0.29, 0.717) is 28.5 Å². The highest BCUT2D eigenvalue weighted by molar-refractivity contribution is 6.29. The Morgan fingerprint density at radius 1 is 1.43 bits per heavy atom. The molecule has 1 aromatic heterocycles. The number of hydrogen-bond acceptors (Lipinski definition) is 4. The zero-order valence-corrected chi connectivity index (χ0v) is 11.6. The number of rotatable bonds is 4. The number of esters is 1. The zero-order valence-electron chi connectivity index (χ0n) is 10.9. The highest BCUT2D eigenvalue weighted by Crippen LogP contribution is 2.25. The van der Waals surface area contributed by atoms with E-state index in [1.165, 1.54) is 12.3 Å². The number of pyridine rings is 1. The van der Waals surface area contributed by atoms with Gasteiger partial charge in [-0.25, -0.2) is 9.78 Å². The maximum atomic E-state index is 11.8. The van der Waals surface area contributed by atoms with Crippen molar-refractivity contribution >= 4 is 23.9 Å². The maximum absolute atomic E-state index is 11.8. The molecule has 0 amide bonds. The van der Waals surface area contributed by atoms with E-state index >= 15 is 0 Å². The van der Waals surface area contributed by atoms with Gasteiger partial charge in [-0.2, -0.15) is 0 Å². The second-order valence-electron chi connectivity index (χ2n) is 4.07. The predicted octanol–water partition coefficient (Wildman–Crippen LogP) is 3.00. The van der Waals surface area contributed by atoms with Crippen LogP contribution < -0.4 is 0 Å². The van der Waals surface area contributed by atoms with Crippen LogP contribution in [0.25, 0.3) is 11.1 Å². The summed E-state index contributed by atoms with van der Waals surface area (Å²) >= 11 is 5.76. The lowest BCUT2D eigenvalue weighted by molar-refractivity contribution is 0.0556. The molecule has 2 aromatic rings. The van der Waals surface area contributed by atoms with E-state index in [4.69, 9.17) is 22.8 Å². The molecule has 0 atom stereocenters. The number of hydrogen-bond donors (Lipinski definition) is 0. The fourth-order valence-corrected chi connectivity index (χ4v) is 1.95. The van der Waals surface area contributed by atoms with Crippen LogP contribution in [0.4, 0.5) is 0 Å². The van der Waals surface area contributed by atoms with Gasteiger partial charge in [0.15, 0.2) is 12.9 Å². The smallest absolute Gasteiger partial charge is 0.339 e. The van der Waals surface area contributed by atoms with E-state index in [9.17, 15) is 9.59 Å². The first-order valence-corrected chi connectivity index (χ1v) is 6.35. The van der Waals surface area contributed by atoms with Crippen LogP contribution in [0.15, 0.2) is 36.5 Å². The van der Waals surface area contributed by atoms with Crippen molar-refractivity contribution in [1.82, 2.24) is 4.98 Å². The minimum Gasteiger partial charge on any atom is -0.449 e. The number of terminal acetylenes is 1. The van der Waals surface area contributed by atoms with E-state index < -0.39 is 5.97 Å². The van der Waals surface area contributed by atoms with Crippen molar-refractivity contribution in [2.45, 2.75) is 0 Å². The van der Waals surface area contributed by atoms with E-state index in [2.05, 4.69) is 10.9 Å². The predicted molar refractivity (Wildman–Crippen MR) is 79.2 cm³/mol. The third kappa shape index (κ3) is 3.47. The summed E-state index contributed by atoms with van der Waals surface area (Å²) in [5.74, 6) is 1.70. The Hall–Kier alpha value is -2.64. The van der Waals surface area contributed by atoms with Gasteiger partial charge < -0.3 is 4.74 Å². The fourth-order valence-electron chi connectivity index (χ4n) is 1.79. The lowest BCUT2D eigenvalue weighted by atomic mass is 10.0. The van der Waals surface area contributed by atoms with Crippen molar-refractivity contribution in [3.05, 3.63) is 52.8 Å². The Labute approximate surface area is 126 Å². The van der Waals surface area contributed by atoms with Gasteiger partial charge in [0.05, 0.1) is 5.56 Å². The van der Waals surface area contributed by atoms with Crippen LogP contribution in [0.2, 0.25) is 5.15 Å². The summed E-state index contributed by atoms with van der Waals surface area (Å²) in [6, 6.07) is 8.12. The van der Waals surface area contributed by atoms with Crippen LogP contribution in [0.1, 0.15) is 20.7 Å². The lowest BCUT2D eigenvalue weighted by Crippen LogP contribution is -2.05. The number of ether oxygens (including phenoxy) is 1. The number of halogens is 1. The van der Waals surface area contributed by atoms with Crippen LogP contribution in [0.3, 0.4) is 0 Å². The molecule has 5 heteroatoms. The Kier molecular flexibility index (Phi) is 4.70. The van der Waals surface area contributed by atoms with Gasteiger partial charge in [-0.15, -0.1) is 6.42 Å². The van der Waals surface area contributed by atoms with Gasteiger partial charge in [0.2, 0.25) is 0 Å². The topological polar surface area (TPSA) is 56.3 Å². The molecule has 1 heterocycles. The first-order chi connectivity index (χ1) is 10.2. The van der Waals surface area contributed by atoms with Crippen LogP contribution in [-0.2, 0) is 4.74 Å². The Morgan fingerprint density at radius 3 is 2.95 bits per heavy atom. The van der Waals surface area contributed by atoms with E-state index in [1.54, 1.807) is 24.3 Å².